The zero-order valence-corrected chi connectivity index (χ0v) is 8.75. The number of aliphatic hydroxyl groups is 1. The van der Waals surface area contributed by atoms with Crippen molar-refractivity contribution < 1.29 is 5.11 Å². The van der Waals surface area contributed by atoms with Crippen LogP contribution in [-0.2, 0) is 0 Å². The van der Waals surface area contributed by atoms with Crippen LogP contribution in [-0.4, -0.2) is 11.2 Å². The Kier molecular flexibility index (Phi) is 2.05. The Morgan fingerprint density at radius 3 is 2.86 bits per heavy atom. The largest absolute Gasteiger partial charge is 0.379 e. The third-order valence-electron chi connectivity index (χ3n) is 3.84. The first-order valence-electron chi connectivity index (χ1n) is 5.08. The van der Waals surface area contributed by atoms with E-state index in [4.69, 9.17) is 0 Å². The smallest absolute Gasteiger partial charge is 0.124 e. The van der Waals surface area contributed by atoms with Crippen LogP contribution in [0.5, 0.6) is 0 Å². The molecular weight excluding hydrogens is 172 g/mol. The lowest BCUT2D eigenvalue weighted by atomic mass is 9.70. The highest BCUT2D eigenvalue weighted by Crippen LogP contribution is 2.56. The van der Waals surface area contributed by atoms with Crippen LogP contribution in [0.1, 0.15) is 20.3 Å². The monoisotopic (exact) mass is 188 g/mol. The fourth-order valence-corrected chi connectivity index (χ4v) is 2.70. The second kappa shape index (κ2) is 3.00. The zero-order valence-electron chi connectivity index (χ0n) is 8.75. The van der Waals surface area contributed by atoms with Crippen molar-refractivity contribution in [3.63, 3.8) is 0 Å². The van der Waals surface area contributed by atoms with Crippen molar-refractivity contribution in [2.45, 2.75) is 26.4 Å². The van der Waals surface area contributed by atoms with Gasteiger partial charge in [-0.25, -0.2) is 0 Å². The summed E-state index contributed by atoms with van der Waals surface area (Å²) in [6.07, 6.45) is 4.96. The van der Waals surface area contributed by atoms with E-state index < -0.39 is 6.10 Å². The first-order valence-corrected chi connectivity index (χ1v) is 5.08. The Morgan fingerprint density at radius 2 is 2.36 bits per heavy atom. The van der Waals surface area contributed by atoms with Gasteiger partial charge in [0.2, 0.25) is 0 Å². The van der Waals surface area contributed by atoms with Gasteiger partial charge >= 0.3 is 0 Å². The molecule has 0 aromatic carbocycles. The summed E-state index contributed by atoms with van der Waals surface area (Å²) in [5.41, 5.74) is 0.933. The maximum atomic E-state index is 10.0. The highest BCUT2D eigenvalue weighted by Gasteiger charge is 2.51. The lowest BCUT2D eigenvalue weighted by molar-refractivity contribution is 0.0929. The van der Waals surface area contributed by atoms with Gasteiger partial charge in [0, 0.05) is 5.41 Å². The molecule has 74 valence electrons. The molecule has 14 heavy (non-hydrogen) atoms. The van der Waals surface area contributed by atoms with Crippen LogP contribution >= 0.6 is 0 Å². The number of aliphatic hydroxyl groups excluding tert-OH is 1. The SMILES string of the molecule is C=C1C2C=CC(C2)C1(C)C(O)C#CC. The molecule has 1 nitrogen and oxygen atoms in total. The lowest BCUT2D eigenvalue weighted by Gasteiger charge is -2.35. The van der Waals surface area contributed by atoms with Gasteiger partial charge < -0.3 is 5.11 Å². The van der Waals surface area contributed by atoms with E-state index in [-0.39, 0.29) is 5.41 Å². The standard InChI is InChI=1S/C13H16O/c1-4-5-12(14)13(3)9(2)10-6-7-11(13)8-10/h6-7,10-12,14H,2,8H2,1,3H3. The van der Waals surface area contributed by atoms with E-state index in [1.807, 2.05) is 0 Å². The third-order valence-corrected chi connectivity index (χ3v) is 3.84. The predicted octanol–water partition coefficient (Wildman–Crippen LogP) is 2.14. The quantitative estimate of drug-likeness (QED) is 0.494. The summed E-state index contributed by atoms with van der Waals surface area (Å²) in [4.78, 5) is 0. The van der Waals surface area contributed by atoms with Crippen molar-refractivity contribution in [3.8, 4) is 11.8 Å². The van der Waals surface area contributed by atoms with Crippen LogP contribution in [0.3, 0.4) is 0 Å². The number of allylic oxidation sites excluding steroid dienone is 2. The summed E-state index contributed by atoms with van der Waals surface area (Å²) in [5.74, 6) is 6.54. The van der Waals surface area contributed by atoms with Crippen LogP contribution in [0, 0.1) is 29.1 Å². The molecule has 0 aliphatic heterocycles. The predicted molar refractivity (Wildman–Crippen MR) is 57.4 cm³/mol. The lowest BCUT2D eigenvalue weighted by Crippen LogP contribution is -2.36. The number of fused-ring (bicyclic) bond motifs is 2. The summed E-state index contributed by atoms with van der Waals surface area (Å²) >= 11 is 0. The maximum absolute atomic E-state index is 10.0. The van der Waals surface area contributed by atoms with Gasteiger partial charge in [0.15, 0.2) is 0 Å². The van der Waals surface area contributed by atoms with Gasteiger partial charge in [-0.15, -0.1) is 5.92 Å². The zero-order chi connectivity index (χ0) is 10.3. The fraction of sp³-hybridized carbons (Fsp3) is 0.538. The molecule has 2 rings (SSSR count). The topological polar surface area (TPSA) is 20.2 Å². The van der Waals surface area contributed by atoms with Crippen molar-refractivity contribution >= 4 is 0 Å². The molecule has 2 bridgehead atoms. The van der Waals surface area contributed by atoms with Crippen LogP contribution in [0.15, 0.2) is 24.3 Å². The Bertz CT molecular complexity index is 355. The summed E-state index contributed by atoms with van der Waals surface area (Å²) in [6.45, 7) is 7.96. The summed E-state index contributed by atoms with van der Waals surface area (Å²) in [7, 11) is 0. The van der Waals surface area contributed by atoms with E-state index in [1.165, 1.54) is 0 Å². The van der Waals surface area contributed by atoms with Crippen LogP contribution in [0.2, 0.25) is 0 Å². The van der Waals surface area contributed by atoms with Crippen LogP contribution in [0.4, 0.5) is 0 Å². The molecule has 4 atom stereocenters. The molecule has 0 radical (unpaired) electrons. The molecule has 4 unspecified atom stereocenters. The number of hydrogen-bond donors (Lipinski definition) is 1. The van der Waals surface area contributed by atoms with Gasteiger partial charge in [-0.05, 0) is 25.2 Å². The first-order chi connectivity index (χ1) is 6.60. The molecule has 1 heteroatoms. The Hall–Kier alpha value is -1.00. The average Bonchev–Trinajstić information content (AvgIpc) is 2.71. The van der Waals surface area contributed by atoms with Crippen molar-refractivity contribution in [2.24, 2.45) is 17.3 Å². The van der Waals surface area contributed by atoms with Crippen molar-refractivity contribution in [2.75, 3.05) is 0 Å². The molecule has 0 aromatic rings. The van der Waals surface area contributed by atoms with E-state index in [0.717, 1.165) is 12.0 Å². The van der Waals surface area contributed by atoms with E-state index in [9.17, 15) is 5.11 Å². The Labute approximate surface area is 85.5 Å². The molecular formula is C13H16O. The maximum Gasteiger partial charge on any atom is 0.124 e. The average molecular weight is 188 g/mol. The van der Waals surface area contributed by atoms with E-state index >= 15 is 0 Å². The molecule has 0 spiro atoms. The normalized spacial score (nSPS) is 40.9. The van der Waals surface area contributed by atoms with Gasteiger partial charge in [0.25, 0.3) is 0 Å². The molecule has 1 fully saturated rings. The molecule has 2 aliphatic rings. The molecule has 0 saturated heterocycles. The van der Waals surface area contributed by atoms with Crippen LogP contribution in [0.25, 0.3) is 0 Å². The van der Waals surface area contributed by atoms with Crippen molar-refractivity contribution in [1.82, 2.24) is 0 Å². The van der Waals surface area contributed by atoms with E-state index in [1.54, 1.807) is 6.92 Å². The minimum atomic E-state index is -0.569. The minimum absolute atomic E-state index is 0.220. The Balaban J connectivity index is 2.35. The Morgan fingerprint density at radius 1 is 1.64 bits per heavy atom. The molecule has 1 saturated carbocycles. The van der Waals surface area contributed by atoms with Crippen molar-refractivity contribution in [1.29, 1.82) is 0 Å². The fourth-order valence-electron chi connectivity index (χ4n) is 2.70. The third kappa shape index (κ3) is 1.01. The van der Waals surface area contributed by atoms with E-state index in [2.05, 4.69) is 37.5 Å². The van der Waals surface area contributed by atoms with Gasteiger partial charge in [-0.3, -0.25) is 0 Å². The minimum Gasteiger partial charge on any atom is -0.379 e. The second-order valence-corrected chi connectivity index (χ2v) is 4.44. The molecule has 2 aliphatic carbocycles. The first kappa shape index (κ1) is 9.55. The number of rotatable bonds is 1. The molecule has 1 N–H and O–H groups in total. The highest BCUT2D eigenvalue weighted by atomic mass is 16.3. The van der Waals surface area contributed by atoms with Gasteiger partial charge in [0.1, 0.15) is 6.10 Å². The molecule has 0 amide bonds. The molecule has 0 heterocycles. The molecule has 0 aromatic heterocycles. The van der Waals surface area contributed by atoms with Gasteiger partial charge in [-0.2, -0.15) is 0 Å². The summed E-state index contributed by atoms with van der Waals surface area (Å²) in [5, 5.41) is 10.0. The summed E-state index contributed by atoms with van der Waals surface area (Å²) < 4.78 is 0. The number of hydrogen-bond acceptors (Lipinski definition) is 1. The summed E-state index contributed by atoms with van der Waals surface area (Å²) in [6, 6.07) is 0. The van der Waals surface area contributed by atoms with Crippen LogP contribution < -0.4 is 0 Å². The van der Waals surface area contributed by atoms with Crippen molar-refractivity contribution in [3.05, 3.63) is 24.3 Å². The second-order valence-electron chi connectivity index (χ2n) is 4.44. The van der Waals surface area contributed by atoms with E-state index in [0.29, 0.717) is 11.8 Å². The van der Waals surface area contributed by atoms with Gasteiger partial charge in [0.05, 0.1) is 0 Å². The highest BCUT2D eigenvalue weighted by molar-refractivity contribution is 5.37. The van der Waals surface area contributed by atoms with Gasteiger partial charge in [-0.1, -0.05) is 37.1 Å².